The average Bonchev–Trinajstić information content (AvgIpc) is 2.63. The molecular formula is C11H19N3O. The molecule has 15 heavy (non-hydrogen) atoms. The molecule has 0 aliphatic heterocycles. The Bertz CT molecular complexity index is 343. The molecule has 4 nitrogen and oxygen atoms in total. The lowest BCUT2D eigenvalue weighted by Gasteiger charge is -2.03. The molecule has 1 aromatic heterocycles. The summed E-state index contributed by atoms with van der Waals surface area (Å²) in [6, 6.07) is 0.442. The normalized spacial score (nSPS) is 23.4. The molecule has 1 aliphatic rings. The van der Waals surface area contributed by atoms with Crippen LogP contribution in [0, 0.1) is 5.41 Å². The zero-order valence-electron chi connectivity index (χ0n) is 9.87. The van der Waals surface area contributed by atoms with Crippen molar-refractivity contribution in [1.29, 1.82) is 0 Å². The summed E-state index contributed by atoms with van der Waals surface area (Å²) in [5.41, 5.74) is 0.356. The highest BCUT2D eigenvalue weighted by Crippen LogP contribution is 2.57. The lowest BCUT2D eigenvalue weighted by molar-refractivity contribution is 0.410. The summed E-state index contributed by atoms with van der Waals surface area (Å²) in [6.45, 7) is 9.32. The van der Waals surface area contributed by atoms with Crippen molar-refractivity contribution in [2.24, 2.45) is 5.41 Å². The molecule has 1 N–H and O–H groups in total. The molecule has 1 aromatic rings. The minimum Gasteiger partial charge on any atom is -0.424 e. The molecule has 0 amide bonds. The van der Waals surface area contributed by atoms with Crippen LogP contribution in [0.3, 0.4) is 0 Å². The van der Waals surface area contributed by atoms with Crippen LogP contribution in [0.2, 0.25) is 0 Å². The van der Waals surface area contributed by atoms with Gasteiger partial charge in [-0.3, -0.25) is 0 Å². The maximum absolute atomic E-state index is 5.61. The fraction of sp³-hybridized carbons (Fsp3) is 0.818. The quantitative estimate of drug-likeness (QED) is 0.825. The predicted molar refractivity (Wildman–Crippen MR) is 57.4 cm³/mol. The van der Waals surface area contributed by atoms with E-state index in [-0.39, 0.29) is 0 Å². The lowest BCUT2D eigenvalue weighted by atomic mass is 10.1. The summed E-state index contributed by atoms with van der Waals surface area (Å²) in [7, 11) is 0. The Morgan fingerprint density at radius 3 is 2.67 bits per heavy atom. The molecule has 1 aliphatic carbocycles. The van der Waals surface area contributed by atoms with Gasteiger partial charge in [-0.05, 0) is 11.8 Å². The predicted octanol–water partition coefficient (Wildman–Crippen LogP) is 2.08. The highest BCUT2D eigenvalue weighted by Gasteiger charge is 2.50. The number of nitrogens with zero attached hydrogens (tertiary/aromatic N) is 2. The van der Waals surface area contributed by atoms with E-state index >= 15 is 0 Å². The third-order valence-electron chi connectivity index (χ3n) is 2.96. The van der Waals surface area contributed by atoms with Gasteiger partial charge < -0.3 is 9.73 Å². The second-order valence-electron chi connectivity index (χ2n) is 5.31. The van der Waals surface area contributed by atoms with Gasteiger partial charge in [0.1, 0.15) is 0 Å². The Morgan fingerprint density at radius 2 is 2.13 bits per heavy atom. The van der Waals surface area contributed by atoms with Crippen LogP contribution in [0.25, 0.3) is 0 Å². The maximum Gasteiger partial charge on any atom is 0.230 e. The first-order valence-electron chi connectivity index (χ1n) is 5.55. The number of hydrogen-bond acceptors (Lipinski definition) is 4. The van der Waals surface area contributed by atoms with Crippen LogP contribution >= 0.6 is 0 Å². The Kier molecular flexibility index (Phi) is 2.54. The third-order valence-corrected chi connectivity index (χ3v) is 2.96. The molecule has 1 saturated carbocycles. The molecule has 1 unspecified atom stereocenters. The van der Waals surface area contributed by atoms with Crippen molar-refractivity contribution < 1.29 is 4.42 Å². The highest BCUT2D eigenvalue weighted by molar-refractivity contribution is 5.12. The van der Waals surface area contributed by atoms with E-state index in [1.54, 1.807) is 0 Å². The standard InChI is InChI=1S/C11H19N3O/c1-7(2)12-6-9-13-14-10(15-9)8-5-11(8,3)4/h7-8,12H,5-6H2,1-4H3. The van der Waals surface area contributed by atoms with Gasteiger partial charge in [-0.25, -0.2) is 0 Å². The molecule has 0 saturated heterocycles. The minimum atomic E-state index is 0.356. The molecule has 1 heterocycles. The van der Waals surface area contributed by atoms with Gasteiger partial charge in [-0.1, -0.05) is 27.7 Å². The molecule has 1 fully saturated rings. The van der Waals surface area contributed by atoms with Gasteiger partial charge in [0.25, 0.3) is 0 Å². The van der Waals surface area contributed by atoms with Crippen LogP contribution in [0.15, 0.2) is 4.42 Å². The second kappa shape index (κ2) is 3.59. The molecule has 0 radical (unpaired) electrons. The molecule has 4 heteroatoms. The first-order chi connectivity index (χ1) is 6.99. The average molecular weight is 209 g/mol. The monoisotopic (exact) mass is 209 g/mol. The van der Waals surface area contributed by atoms with Crippen molar-refractivity contribution in [3.8, 4) is 0 Å². The molecule has 2 rings (SSSR count). The zero-order valence-corrected chi connectivity index (χ0v) is 9.87. The Labute approximate surface area is 90.5 Å². The van der Waals surface area contributed by atoms with Crippen molar-refractivity contribution in [2.75, 3.05) is 0 Å². The van der Waals surface area contributed by atoms with Gasteiger partial charge in [-0.15, -0.1) is 10.2 Å². The summed E-state index contributed by atoms with van der Waals surface area (Å²) < 4.78 is 5.61. The van der Waals surface area contributed by atoms with Crippen molar-refractivity contribution in [3.05, 3.63) is 11.8 Å². The molecule has 0 bridgehead atoms. The van der Waals surface area contributed by atoms with Gasteiger partial charge in [0.15, 0.2) is 0 Å². The molecule has 0 spiro atoms. The van der Waals surface area contributed by atoms with Crippen molar-refractivity contribution in [2.45, 2.75) is 52.6 Å². The topological polar surface area (TPSA) is 51.0 Å². The lowest BCUT2D eigenvalue weighted by Crippen LogP contribution is -2.21. The van der Waals surface area contributed by atoms with Crippen LogP contribution in [-0.4, -0.2) is 16.2 Å². The number of rotatable bonds is 4. The molecule has 0 aromatic carbocycles. The second-order valence-corrected chi connectivity index (χ2v) is 5.31. The third kappa shape index (κ3) is 2.37. The Morgan fingerprint density at radius 1 is 1.47 bits per heavy atom. The number of hydrogen-bond donors (Lipinski definition) is 1. The van der Waals surface area contributed by atoms with Crippen molar-refractivity contribution in [3.63, 3.8) is 0 Å². The zero-order chi connectivity index (χ0) is 11.1. The van der Waals surface area contributed by atoms with E-state index in [0.29, 0.717) is 29.8 Å². The van der Waals surface area contributed by atoms with E-state index in [4.69, 9.17) is 4.42 Å². The van der Waals surface area contributed by atoms with E-state index in [1.807, 2.05) is 0 Å². The highest BCUT2D eigenvalue weighted by atomic mass is 16.4. The van der Waals surface area contributed by atoms with E-state index in [2.05, 4.69) is 43.2 Å². The van der Waals surface area contributed by atoms with Crippen molar-refractivity contribution >= 4 is 0 Å². The summed E-state index contributed by atoms with van der Waals surface area (Å²) >= 11 is 0. The minimum absolute atomic E-state index is 0.356. The number of nitrogens with one attached hydrogen (secondary N) is 1. The van der Waals surface area contributed by atoms with Crippen LogP contribution in [0.4, 0.5) is 0 Å². The SMILES string of the molecule is CC(C)NCc1nnc(C2CC2(C)C)o1. The Balaban J connectivity index is 1.93. The van der Waals surface area contributed by atoms with Crippen LogP contribution < -0.4 is 5.32 Å². The summed E-state index contributed by atoms with van der Waals surface area (Å²) in [6.07, 6.45) is 1.16. The van der Waals surface area contributed by atoms with E-state index in [0.717, 1.165) is 12.3 Å². The summed E-state index contributed by atoms with van der Waals surface area (Å²) in [4.78, 5) is 0. The van der Waals surface area contributed by atoms with E-state index in [1.165, 1.54) is 0 Å². The fourth-order valence-electron chi connectivity index (χ4n) is 1.66. The molecular weight excluding hydrogens is 190 g/mol. The molecule has 1 atom stereocenters. The van der Waals surface area contributed by atoms with Gasteiger partial charge in [0.2, 0.25) is 11.8 Å². The van der Waals surface area contributed by atoms with Crippen molar-refractivity contribution in [1.82, 2.24) is 15.5 Å². The van der Waals surface area contributed by atoms with E-state index in [9.17, 15) is 0 Å². The molecule has 84 valence electrons. The van der Waals surface area contributed by atoms with Crippen LogP contribution in [0.5, 0.6) is 0 Å². The van der Waals surface area contributed by atoms with E-state index < -0.39 is 0 Å². The van der Waals surface area contributed by atoms with Gasteiger partial charge >= 0.3 is 0 Å². The first-order valence-corrected chi connectivity index (χ1v) is 5.55. The fourth-order valence-corrected chi connectivity index (χ4v) is 1.66. The first kappa shape index (κ1) is 10.6. The Hall–Kier alpha value is -0.900. The largest absolute Gasteiger partial charge is 0.424 e. The van der Waals surface area contributed by atoms with Gasteiger partial charge in [0, 0.05) is 12.0 Å². The smallest absolute Gasteiger partial charge is 0.230 e. The maximum atomic E-state index is 5.61. The van der Waals surface area contributed by atoms with Crippen LogP contribution in [0.1, 0.15) is 51.8 Å². The van der Waals surface area contributed by atoms with Gasteiger partial charge in [0.05, 0.1) is 6.54 Å². The summed E-state index contributed by atoms with van der Waals surface area (Å²) in [5, 5.41) is 11.4. The number of aromatic nitrogens is 2. The van der Waals surface area contributed by atoms with Gasteiger partial charge in [-0.2, -0.15) is 0 Å². The summed E-state index contributed by atoms with van der Waals surface area (Å²) in [5.74, 6) is 1.97. The van der Waals surface area contributed by atoms with Crippen LogP contribution in [-0.2, 0) is 6.54 Å².